The predicted octanol–water partition coefficient (Wildman–Crippen LogP) is 1.50. The first-order chi connectivity index (χ1) is 11.7. The Morgan fingerprint density at radius 1 is 1.24 bits per heavy atom. The van der Waals surface area contributed by atoms with E-state index in [9.17, 15) is 23.1 Å². The van der Waals surface area contributed by atoms with Crippen LogP contribution in [0.15, 0.2) is 23.1 Å². The third-order valence-corrected chi connectivity index (χ3v) is 6.41. The van der Waals surface area contributed by atoms with E-state index in [4.69, 9.17) is 5.14 Å². The number of carboxylic acid groups (broad SMARTS) is 1. The van der Waals surface area contributed by atoms with Crippen LogP contribution in [0.2, 0.25) is 0 Å². The summed E-state index contributed by atoms with van der Waals surface area (Å²) in [4.78, 5) is 26.1. The fourth-order valence-corrected chi connectivity index (χ4v) is 4.99. The van der Waals surface area contributed by atoms with Crippen LogP contribution in [0.1, 0.15) is 48.0 Å². The molecule has 1 heterocycles. The van der Waals surface area contributed by atoms with Gasteiger partial charge in [0.05, 0.1) is 4.90 Å². The second-order valence-corrected chi connectivity index (χ2v) is 8.47. The topological polar surface area (TPSA) is 118 Å². The number of aryl methyl sites for hydroxylation is 1. The number of nitrogens with zero attached hydrogens (tertiary/aromatic N) is 1. The monoisotopic (exact) mass is 366 g/mol. The Kier molecular flexibility index (Phi) is 4.59. The van der Waals surface area contributed by atoms with E-state index < -0.39 is 22.0 Å². The summed E-state index contributed by atoms with van der Waals surface area (Å²) in [5, 5.41) is 14.7. The molecule has 8 heteroatoms. The Hall–Kier alpha value is -1.93. The molecule has 1 aromatic rings. The molecule has 3 rings (SSSR count). The Bertz CT molecular complexity index is 820. The highest BCUT2D eigenvalue weighted by Gasteiger charge is 2.47. The van der Waals surface area contributed by atoms with E-state index in [0.29, 0.717) is 17.5 Å². The van der Waals surface area contributed by atoms with E-state index in [1.165, 1.54) is 23.1 Å². The largest absolute Gasteiger partial charge is 0.480 e. The molecule has 3 unspecified atom stereocenters. The van der Waals surface area contributed by atoms with Crippen molar-refractivity contribution in [3.05, 3.63) is 29.3 Å². The third kappa shape index (κ3) is 3.28. The van der Waals surface area contributed by atoms with Crippen LogP contribution in [0.4, 0.5) is 0 Å². The number of amides is 1. The standard InChI is InChI=1S/C17H22N2O5S/c1-10-8-12(6-7-15(10)25(18,23)24)16(20)19-13-5-3-2-4-11(13)9-14(19)17(21)22/h6-8,11,13-14H,2-5,9H2,1H3,(H,21,22)(H2,18,23,24). The van der Waals surface area contributed by atoms with E-state index in [-0.39, 0.29) is 22.8 Å². The van der Waals surface area contributed by atoms with Gasteiger partial charge in [0, 0.05) is 11.6 Å². The number of fused-ring (bicyclic) bond motifs is 1. The molecular formula is C17H22N2O5S. The summed E-state index contributed by atoms with van der Waals surface area (Å²) in [7, 11) is -3.86. The molecule has 3 N–H and O–H groups in total. The molecule has 1 saturated heterocycles. The molecule has 1 saturated carbocycles. The Balaban J connectivity index is 1.95. The SMILES string of the molecule is Cc1cc(C(=O)N2C(C(=O)O)CC3CCCCC32)ccc1S(N)(=O)=O. The Labute approximate surface area is 146 Å². The molecule has 3 atom stereocenters. The normalized spacial score (nSPS) is 26.3. The van der Waals surface area contributed by atoms with Gasteiger partial charge < -0.3 is 10.0 Å². The van der Waals surface area contributed by atoms with Crippen molar-refractivity contribution in [3.8, 4) is 0 Å². The first-order valence-corrected chi connectivity index (χ1v) is 9.93. The number of carboxylic acids is 1. The second-order valence-electron chi connectivity index (χ2n) is 6.94. The van der Waals surface area contributed by atoms with Crippen LogP contribution in [0.5, 0.6) is 0 Å². The van der Waals surface area contributed by atoms with Crippen LogP contribution in [0.3, 0.4) is 0 Å². The summed E-state index contributed by atoms with van der Waals surface area (Å²) in [6, 6.07) is 3.31. The molecule has 0 spiro atoms. The lowest BCUT2D eigenvalue weighted by Crippen LogP contribution is -2.46. The average molecular weight is 366 g/mol. The van der Waals surface area contributed by atoms with Gasteiger partial charge in [-0.25, -0.2) is 18.4 Å². The van der Waals surface area contributed by atoms with Gasteiger partial charge in [0.1, 0.15) is 6.04 Å². The van der Waals surface area contributed by atoms with Crippen molar-refractivity contribution in [2.24, 2.45) is 11.1 Å². The number of primary sulfonamides is 1. The van der Waals surface area contributed by atoms with Crippen molar-refractivity contribution in [1.29, 1.82) is 0 Å². The van der Waals surface area contributed by atoms with Crippen molar-refractivity contribution in [2.75, 3.05) is 0 Å². The minimum Gasteiger partial charge on any atom is -0.480 e. The molecule has 136 valence electrons. The molecule has 25 heavy (non-hydrogen) atoms. The summed E-state index contributed by atoms with van der Waals surface area (Å²) in [5.41, 5.74) is 0.669. The highest BCUT2D eigenvalue weighted by atomic mass is 32.2. The number of carbonyl (C=O) groups is 2. The molecule has 0 aromatic heterocycles. The first kappa shape index (κ1) is 17.9. The predicted molar refractivity (Wildman–Crippen MR) is 90.5 cm³/mol. The van der Waals surface area contributed by atoms with Gasteiger partial charge in [-0.05, 0) is 55.9 Å². The minimum atomic E-state index is -3.86. The van der Waals surface area contributed by atoms with Gasteiger partial charge in [-0.3, -0.25) is 4.79 Å². The molecular weight excluding hydrogens is 344 g/mol. The number of benzene rings is 1. The van der Waals surface area contributed by atoms with Crippen molar-refractivity contribution < 1.29 is 23.1 Å². The molecule has 1 amide bonds. The van der Waals surface area contributed by atoms with Gasteiger partial charge in [-0.15, -0.1) is 0 Å². The lowest BCUT2D eigenvalue weighted by Gasteiger charge is -2.33. The zero-order chi connectivity index (χ0) is 18.4. The third-order valence-electron chi connectivity index (χ3n) is 5.34. The maximum Gasteiger partial charge on any atom is 0.326 e. The Morgan fingerprint density at radius 3 is 2.52 bits per heavy atom. The van der Waals surface area contributed by atoms with Crippen LogP contribution in [-0.2, 0) is 14.8 Å². The number of hydrogen-bond donors (Lipinski definition) is 2. The van der Waals surface area contributed by atoms with Crippen molar-refractivity contribution >= 4 is 21.9 Å². The number of nitrogens with two attached hydrogens (primary N) is 1. The zero-order valence-electron chi connectivity index (χ0n) is 14.0. The number of likely N-dealkylation sites (tertiary alicyclic amines) is 1. The number of sulfonamides is 1. The molecule has 1 aliphatic carbocycles. The van der Waals surface area contributed by atoms with E-state index in [1.807, 2.05) is 0 Å². The molecule has 2 aliphatic rings. The average Bonchev–Trinajstić information content (AvgIpc) is 2.92. The maximum atomic E-state index is 13.0. The van der Waals surface area contributed by atoms with E-state index >= 15 is 0 Å². The van der Waals surface area contributed by atoms with Crippen molar-refractivity contribution in [2.45, 2.75) is 56.0 Å². The number of hydrogen-bond acceptors (Lipinski definition) is 4. The minimum absolute atomic E-state index is 0.0317. The van der Waals surface area contributed by atoms with Crippen LogP contribution in [-0.4, -0.2) is 42.4 Å². The van der Waals surface area contributed by atoms with Crippen molar-refractivity contribution in [1.82, 2.24) is 4.90 Å². The molecule has 7 nitrogen and oxygen atoms in total. The number of rotatable bonds is 3. The zero-order valence-corrected chi connectivity index (χ0v) is 14.8. The highest BCUT2D eigenvalue weighted by molar-refractivity contribution is 7.89. The lowest BCUT2D eigenvalue weighted by atomic mass is 9.84. The van der Waals surface area contributed by atoms with E-state index in [2.05, 4.69) is 0 Å². The van der Waals surface area contributed by atoms with E-state index in [1.54, 1.807) is 6.92 Å². The van der Waals surface area contributed by atoms with E-state index in [0.717, 1.165) is 25.7 Å². The molecule has 1 aromatic carbocycles. The fraction of sp³-hybridized carbons (Fsp3) is 0.529. The quantitative estimate of drug-likeness (QED) is 0.840. The van der Waals surface area contributed by atoms with Crippen LogP contribution in [0, 0.1) is 12.8 Å². The summed E-state index contributed by atoms with van der Waals surface area (Å²) >= 11 is 0. The van der Waals surface area contributed by atoms with Crippen LogP contribution < -0.4 is 5.14 Å². The van der Waals surface area contributed by atoms with Crippen LogP contribution >= 0.6 is 0 Å². The van der Waals surface area contributed by atoms with Crippen LogP contribution in [0.25, 0.3) is 0 Å². The summed E-state index contributed by atoms with van der Waals surface area (Å²) in [6.45, 7) is 1.57. The summed E-state index contributed by atoms with van der Waals surface area (Å²) in [6.07, 6.45) is 4.30. The van der Waals surface area contributed by atoms with Gasteiger partial charge in [0.25, 0.3) is 5.91 Å². The maximum absolute atomic E-state index is 13.0. The molecule has 0 bridgehead atoms. The lowest BCUT2D eigenvalue weighted by molar-refractivity contribution is -0.141. The number of carbonyl (C=O) groups excluding carboxylic acids is 1. The van der Waals surface area contributed by atoms with Gasteiger partial charge in [-0.1, -0.05) is 12.8 Å². The Morgan fingerprint density at radius 2 is 1.92 bits per heavy atom. The van der Waals surface area contributed by atoms with Gasteiger partial charge in [0.15, 0.2) is 0 Å². The molecule has 2 fully saturated rings. The van der Waals surface area contributed by atoms with Gasteiger partial charge in [0.2, 0.25) is 10.0 Å². The first-order valence-electron chi connectivity index (χ1n) is 8.39. The summed E-state index contributed by atoms with van der Waals surface area (Å²) < 4.78 is 23.0. The van der Waals surface area contributed by atoms with Crippen molar-refractivity contribution in [3.63, 3.8) is 0 Å². The second kappa shape index (κ2) is 6.42. The highest BCUT2D eigenvalue weighted by Crippen LogP contribution is 2.40. The van der Waals surface area contributed by atoms with Gasteiger partial charge >= 0.3 is 5.97 Å². The molecule has 0 radical (unpaired) electrons. The number of aliphatic carboxylic acids is 1. The fourth-order valence-electron chi connectivity index (χ4n) is 4.22. The molecule has 1 aliphatic heterocycles. The smallest absolute Gasteiger partial charge is 0.326 e. The van der Waals surface area contributed by atoms with Gasteiger partial charge in [-0.2, -0.15) is 0 Å². The summed E-state index contributed by atoms with van der Waals surface area (Å²) in [5.74, 6) is -1.12.